The van der Waals surface area contributed by atoms with Crippen LogP contribution in [0, 0.1) is 6.92 Å². The zero-order valence-corrected chi connectivity index (χ0v) is 15.8. The number of benzene rings is 2. The second-order valence-electron chi connectivity index (χ2n) is 7.07. The van der Waals surface area contributed by atoms with Crippen LogP contribution in [0.5, 0.6) is 0 Å². The fourth-order valence-corrected chi connectivity index (χ4v) is 3.75. The van der Waals surface area contributed by atoms with Crippen LogP contribution in [0.15, 0.2) is 54.7 Å². The van der Waals surface area contributed by atoms with Crippen molar-refractivity contribution in [1.29, 1.82) is 0 Å². The van der Waals surface area contributed by atoms with E-state index in [4.69, 9.17) is 0 Å². The lowest BCUT2D eigenvalue weighted by atomic mass is 10.1. The highest BCUT2D eigenvalue weighted by Gasteiger charge is 2.30. The summed E-state index contributed by atoms with van der Waals surface area (Å²) in [5.41, 5.74) is 4.27. The van der Waals surface area contributed by atoms with E-state index in [9.17, 15) is 13.2 Å². The van der Waals surface area contributed by atoms with Gasteiger partial charge in [-0.15, -0.1) is 0 Å². The fraction of sp³-hybridized carbons (Fsp3) is 0.227. The normalized spacial score (nSPS) is 13.2. The van der Waals surface area contributed by atoms with Crippen molar-refractivity contribution in [2.45, 2.75) is 26.1 Å². The average molecular weight is 383 g/mol. The lowest BCUT2D eigenvalue weighted by molar-refractivity contribution is -0.137. The number of nitrogens with one attached hydrogen (secondary N) is 1. The van der Waals surface area contributed by atoms with Gasteiger partial charge in [0.05, 0.1) is 16.8 Å². The van der Waals surface area contributed by atoms with Crippen molar-refractivity contribution < 1.29 is 13.2 Å². The summed E-state index contributed by atoms with van der Waals surface area (Å²) in [5.74, 6) is 0. The molecule has 0 aliphatic heterocycles. The molecule has 0 saturated heterocycles. The Hall–Kier alpha value is -3.02. The van der Waals surface area contributed by atoms with Crippen LogP contribution in [-0.4, -0.2) is 9.55 Å². The van der Waals surface area contributed by atoms with Gasteiger partial charge in [0.2, 0.25) is 0 Å². The highest BCUT2D eigenvalue weighted by molar-refractivity contribution is 6.09. The Balaban J connectivity index is 1.66. The monoisotopic (exact) mass is 383 g/mol. The summed E-state index contributed by atoms with van der Waals surface area (Å²) >= 11 is 0. The van der Waals surface area contributed by atoms with E-state index >= 15 is 0 Å². The van der Waals surface area contributed by atoms with Gasteiger partial charge in [0, 0.05) is 41.3 Å². The summed E-state index contributed by atoms with van der Waals surface area (Å²) in [6.45, 7) is 3.93. The van der Waals surface area contributed by atoms with Crippen molar-refractivity contribution in [2.24, 2.45) is 7.05 Å². The largest absolute Gasteiger partial charge is 0.416 e. The van der Waals surface area contributed by atoms with Crippen LogP contribution in [0.2, 0.25) is 0 Å². The first-order valence-corrected chi connectivity index (χ1v) is 9.03. The molecule has 2 aromatic heterocycles. The third kappa shape index (κ3) is 3.09. The molecule has 2 aromatic carbocycles. The SMILES string of the molecule is Cc1nccc2c3cc(NC(C)c4ccc(C(F)(F)F)cc4)ccc3n(C)c12. The van der Waals surface area contributed by atoms with Gasteiger partial charge in [-0.3, -0.25) is 4.98 Å². The number of hydrogen-bond acceptors (Lipinski definition) is 2. The number of alkyl halides is 3. The predicted molar refractivity (Wildman–Crippen MR) is 106 cm³/mol. The molecule has 6 heteroatoms. The van der Waals surface area contributed by atoms with Crippen LogP contribution in [0.1, 0.15) is 29.8 Å². The molecule has 144 valence electrons. The molecule has 4 rings (SSSR count). The molecule has 0 saturated carbocycles. The van der Waals surface area contributed by atoms with Gasteiger partial charge in [-0.05, 0) is 55.8 Å². The quantitative estimate of drug-likeness (QED) is 0.455. The minimum absolute atomic E-state index is 0.127. The number of rotatable bonds is 3. The molecule has 4 aromatic rings. The van der Waals surface area contributed by atoms with Gasteiger partial charge in [-0.25, -0.2) is 0 Å². The molecule has 0 fully saturated rings. The van der Waals surface area contributed by atoms with Crippen LogP contribution in [-0.2, 0) is 13.2 Å². The second kappa shape index (κ2) is 6.55. The number of aromatic nitrogens is 2. The smallest absolute Gasteiger partial charge is 0.379 e. The highest BCUT2D eigenvalue weighted by atomic mass is 19.4. The maximum Gasteiger partial charge on any atom is 0.416 e. The van der Waals surface area contributed by atoms with Crippen LogP contribution < -0.4 is 5.32 Å². The molecule has 1 N–H and O–H groups in total. The summed E-state index contributed by atoms with van der Waals surface area (Å²) in [5, 5.41) is 5.64. The molecule has 0 spiro atoms. The zero-order chi connectivity index (χ0) is 20.1. The molecular weight excluding hydrogens is 363 g/mol. The minimum Gasteiger partial charge on any atom is -0.379 e. The van der Waals surface area contributed by atoms with Crippen molar-refractivity contribution in [2.75, 3.05) is 5.32 Å². The lowest BCUT2D eigenvalue weighted by Gasteiger charge is -2.17. The van der Waals surface area contributed by atoms with Gasteiger partial charge in [0.1, 0.15) is 0 Å². The minimum atomic E-state index is -4.32. The number of halogens is 3. The van der Waals surface area contributed by atoms with Crippen LogP contribution in [0.3, 0.4) is 0 Å². The van der Waals surface area contributed by atoms with Gasteiger partial charge in [0.25, 0.3) is 0 Å². The van der Waals surface area contributed by atoms with E-state index in [-0.39, 0.29) is 6.04 Å². The van der Waals surface area contributed by atoms with Crippen LogP contribution >= 0.6 is 0 Å². The van der Waals surface area contributed by atoms with E-state index in [0.717, 1.165) is 50.9 Å². The number of aryl methyl sites for hydroxylation is 2. The molecule has 28 heavy (non-hydrogen) atoms. The highest BCUT2D eigenvalue weighted by Crippen LogP contribution is 2.33. The first-order valence-electron chi connectivity index (χ1n) is 9.03. The van der Waals surface area contributed by atoms with E-state index in [1.807, 2.05) is 39.2 Å². The van der Waals surface area contributed by atoms with Crippen molar-refractivity contribution in [1.82, 2.24) is 9.55 Å². The molecule has 2 heterocycles. The molecule has 0 amide bonds. The van der Waals surface area contributed by atoms with Gasteiger partial charge < -0.3 is 9.88 Å². The predicted octanol–water partition coefficient (Wildman–Crippen LogP) is 6.23. The van der Waals surface area contributed by atoms with Crippen LogP contribution in [0.4, 0.5) is 18.9 Å². The van der Waals surface area contributed by atoms with Crippen molar-refractivity contribution in [3.05, 3.63) is 71.5 Å². The maximum atomic E-state index is 12.8. The van der Waals surface area contributed by atoms with E-state index < -0.39 is 11.7 Å². The fourth-order valence-electron chi connectivity index (χ4n) is 3.75. The van der Waals surface area contributed by atoms with Gasteiger partial charge >= 0.3 is 6.18 Å². The second-order valence-corrected chi connectivity index (χ2v) is 7.07. The number of fused-ring (bicyclic) bond motifs is 3. The Morgan fingerprint density at radius 1 is 1.00 bits per heavy atom. The summed E-state index contributed by atoms with van der Waals surface area (Å²) in [6.07, 6.45) is -2.51. The Morgan fingerprint density at radius 2 is 1.71 bits per heavy atom. The standard InChI is InChI=1S/C22H20F3N3/c1-13(15-4-6-16(7-5-15)22(23,24)25)27-17-8-9-20-19(12-17)18-10-11-26-14(2)21(18)28(20)3/h4-13,27H,1-3H3. The topological polar surface area (TPSA) is 29.9 Å². The molecule has 0 radical (unpaired) electrons. The van der Waals surface area contributed by atoms with E-state index in [1.54, 1.807) is 0 Å². The van der Waals surface area contributed by atoms with Gasteiger partial charge in [-0.1, -0.05) is 12.1 Å². The third-order valence-corrected chi connectivity index (χ3v) is 5.21. The Morgan fingerprint density at radius 3 is 2.39 bits per heavy atom. The average Bonchev–Trinajstić information content (AvgIpc) is 2.94. The van der Waals surface area contributed by atoms with Crippen LogP contribution in [0.25, 0.3) is 21.8 Å². The zero-order valence-electron chi connectivity index (χ0n) is 15.8. The Bertz CT molecular complexity index is 1160. The summed E-state index contributed by atoms with van der Waals surface area (Å²) in [4.78, 5) is 4.38. The third-order valence-electron chi connectivity index (χ3n) is 5.21. The molecule has 0 aliphatic carbocycles. The number of nitrogens with zero attached hydrogens (tertiary/aromatic N) is 2. The van der Waals surface area contributed by atoms with Crippen molar-refractivity contribution in [3.63, 3.8) is 0 Å². The summed E-state index contributed by atoms with van der Waals surface area (Å²) in [6, 6.07) is 13.3. The van der Waals surface area contributed by atoms with E-state index in [0.29, 0.717) is 0 Å². The molecular formula is C22H20F3N3. The molecule has 1 atom stereocenters. The summed E-state index contributed by atoms with van der Waals surface area (Å²) < 4.78 is 40.4. The van der Waals surface area contributed by atoms with E-state index in [1.165, 1.54) is 12.1 Å². The first kappa shape index (κ1) is 18.3. The maximum absolute atomic E-state index is 12.8. The van der Waals surface area contributed by atoms with Gasteiger partial charge in [-0.2, -0.15) is 13.2 Å². The number of hydrogen-bond donors (Lipinski definition) is 1. The van der Waals surface area contributed by atoms with Crippen molar-refractivity contribution >= 4 is 27.5 Å². The first-order chi connectivity index (χ1) is 13.3. The molecule has 0 bridgehead atoms. The van der Waals surface area contributed by atoms with Crippen molar-refractivity contribution in [3.8, 4) is 0 Å². The number of anilines is 1. The molecule has 0 aliphatic rings. The summed E-state index contributed by atoms with van der Waals surface area (Å²) in [7, 11) is 2.03. The van der Waals surface area contributed by atoms with Gasteiger partial charge in [0.15, 0.2) is 0 Å². The Labute approximate surface area is 160 Å². The lowest BCUT2D eigenvalue weighted by Crippen LogP contribution is -2.08. The number of pyridine rings is 1. The Kier molecular flexibility index (Phi) is 4.29. The van der Waals surface area contributed by atoms with E-state index in [2.05, 4.69) is 27.0 Å². The molecule has 3 nitrogen and oxygen atoms in total. The molecule has 1 unspecified atom stereocenters.